The molecule has 11 heteroatoms. The number of rotatable bonds is 7. The molecule has 0 radical (unpaired) electrons. The molecule has 3 aromatic rings. The van der Waals surface area contributed by atoms with Crippen molar-refractivity contribution in [2.75, 3.05) is 5.32 Å². The molecule has 1 N–H and O–H groups in total. The first-order chi connectivity index (χ1) is 13.4. The largest absolute Gasteiger partial charge is 0.435 e. The molecule has 0 saturated carbocycles. The summed E-state index contributed by atoms with van der Waals surface area (Å²) in [5, 5.41) is 11.9. The summed E-state index contributed by atoms with van der Waals surface area (Å²) >= 11 is 14.8. The van der Waals surface area contributed by atoms with Crippen LogP contribution in [0.25, 0.3) is 0 Å². The molecule has 0 aliphatic rings. The van der Waals surface area contributed by atoms with Crippen molar-refractivity contribution in [2.45, 2.75) is 16.7 Å². The maximum Gasteiger partial charge on any atom is 0.387 e. The van der Waals surface area contributed by atoms with Crippen LogP contribution >= 0.6 is 46.3 Å². The predicted octanol–water partition coefficient (Wildman–Crippen LogP) is 5.99. The van der Waals surface area contributed by atoms with Crippen molar-refractivity contribution in [3.63, 3.8) is 0 Å². The predicted molar refractivity (Wildman–Crippen MR) is 107 cm³/mol. The van der Waals surface area contributed by atoms with Crippen molar-refractivity contribution < 1.29 is 18.3 Å². The molecule has 2 aromatic carbocycles. The number of anilines is 1. The minimum Gasteiger partial charge on any atom is -0.435 e. The molecule has 0 aliphatic heterocycles. The fourth-order valence-electron chi connectivity index (χ4n) is 2.11. The molecule has 146 valence electrons. The van der Waals surface area contributed by atoms with Gasteiger partial charge in [-0.2, -0.15) is 8.78 Å². The van der Waals surface area contributed by atoms with E-state index in [9.17, 15) is 13.6 Å². The highest BCUT2D eigenvalue weighted by Gasteiger charge is 2.14. The quantitative estimate of drug-likeness (QED) is 0.345. The number of alkyl halides is 2. The fourth-order valence-corrected chi connectivity index (χ4v) is 4.59. The molecule has 0 fully saturated rings. The van der Waals surface area contributed by atoms with Gasteiger partial charge < -0.3 is 4.74 Å². The molecule has 0 spiro atoms. The average Bonchev–Trinajstić information content (AvgIpc) is 3.08. The lowest BCUT2D eigenvalue weighted by molar-refractivity contribution is -0.0498. The zero-order valence-corrected chi connectivity index (χ0v) is 17.0. The fraction of sp³-hybridized carbons (Fsp3) is 0.118. The Morgan fingerprint density at radius 2 is 1.89 bits per heavy atom. The van der Waals surface area contributed by atoms with Crippen molar-refractivity contribution >= 4 is 57.3 Å². The Morgan fingerprint density at radius 3 is 2.61 bits per heavy atom. The SMILES string of the molecule is O=C(Nc1nnc(SCc2c(Cl)cccc2Cl)s1)c1cccc(OC(F)F)c1. The standard InChI is InChI=1S/C17H11Cl2F2N3O2S2/c18-12-5-2-6-13(19)11(12)8-27-17-24-23-16(28-17)22-14(25)9-3-1-4-10(7-9)26-15(20)21/h1-7,15H,8H2,(H,22,23,25). The number of ether oxygens (including phenoxy) is 1. The van der Waals surface area contributed by atoms with Crippen LogP contribution in [-0.4, -0.2) is 22.7 Å². The first-order valence-electron chi connectivity index (χ1n) is 7.68. The lowest BCUT2D eigenvalue weighted by Gasteiger charge is -2.06. The van der Waals surface area contributed by atoms with Crippen LogP contribution in [0.2, 0.25) is 10.0 Å². The van der Waals surface area contributed by atoms with Gasteiger partial charge in [-0.3, -0.25) is 10.1 Å². The van der Waals surface area contributed by atoms with Crippen molar-refractivity contribution in [1.82, 2.24) is 10.2 Å². The van der Waals surface area contributed by atoms with Crippen LogP contribution in [-0.2, 0) is 5.75 Å². The van der Waals surface area contributed by atoms with Gasteiger partial charge >= 0.3 is 6.61 Å². The number of thioether (sulfide) groups is 1. The maximum absolute atomic E-state index is 12.3. The van der Waals surface area contributed by atoms with Crippen LogP contribution in [0.3, 0.4) is 0 Å². The number of halogens is 4. The van der Waals surface area contributed by atoms with Crippen LogP contribution in [0.4, 0.5) is 13.9 Å². The summed E-state index contributed by atoms with van der Waals surface area (Å²) in [5.74, 6) is -0.122. The Morgan fingerprint density at radius 1 is 1.18 bits per heavy atom. The molecule has 5 nitrogen and oxygen atoms in total. The number of carbonyl (C=O) groups excluding carboxylic acids is 1. The molecule has 3 rings (SSSR count). The van der Waals surface area contributed by atoms with E-state index in [1.54, 1.807) is 18.2 Å². The number of benzene rings is 2. The number of aromatic nitrogens is 2. The molecule has 0 saturated heterocycles. The van der Waals surface area contributed by atoms with E-state index in [2.05, 4.69) is 20.3 Å². The Balaban J connectivity index is 1.62. The Labute approximate surface area is 177 Å². The summed E-state index contributed by atoms with van der Waals surface area (Å²) in [6.07, 6.45) is 0. The second-order valence-corrected chi connectivity index (χ2v) is 8.24. The minimum atomic E-state index is -2.97. The molecule has 0 unspecified atom stereocenters. The lowest BCUT2D eigenvalue weighted by Crippen LogP contribution is -2.12. The van der Waals surface area contributed by atoms with Gasteiger partial charge in [-0.1, -0.05) is 58.4 Å². The van der Waals surface area contributed by atoms with Gasteiger partial charge in [0, 0.05) is 21.4 Å². The molecule has 1 heterocycles. The molecular weight excluding hydrogens is 451 g/mol. The summed E-state index contributed by atoms with van der Waals surface area (Å²) < 4.78 is 29.5. The highest BCUT2D eigenvalue weighted by molar-refractivity contribution is 8.00. The Bertz CT molecular complexity index is 968. The van der Waals surface area contributed by atoms with E-state index in [-0.39, 0.29) is 16.4 Å². The number of carbonyl (C=O) groups is 1. The Hall–Kier alpha value is -1.94. The highest BCUT2D eigenvalue weighted by atomic mass is 35.5. The topological polar surface area (TPSA) is 64.1 Å². The minimum absolute atomic E-state index is 0.104. The molecule has 28 heavy (non-hydrogen) atoms. The average molecular weight is 462 g/mol. The highest BCUT2D eigenvalue weighted by Crippen LogP contribution is 2.33. The van der Waals surface area contributed by atoms with Crippen molar-refractivity contribution in [3.8, 4) is 5.75 Å². The van der Waals surface area contributed by atoms with Crippen molar-refractivity contribution in [3.05, 3.63) is 63.6 Å². The number of nitrogens with zero attached hydrogens (tertiary/aromatic N) is 2. The third kappa shape index (κ3) is 5.54. The first-order valence-corrected chi connectivity index (χ1v) is 10.2. The van der Waals surface area contributed by atoms with Gasteiger partial charge in [-0.15, -0.1) is 10.2 Å². The molecule has 0 bridgehead atoms. The van der Waals surface area contributed by atoms with E-state index in [4.69, 9.17) is 23.2 Å². The Kier molecular flexibility index (Phi) is 7.06. The van der Waals surface area contributed by atoms with Gasteiger partial charge in [0.25, 0.3) is 5.91 Å². The normalized spacial score (nSPS) is 10.9. The van der Waals surface area contributed by atoms with E-state index in [1.165, 1.54) is 47.4 Å². The number of amides is 1. The summed E-state index contributed by atoms with van der Waals surface area (Å²) in [5.41, 5.74) is 0.942. The van der Waals surface area contributed by atoms with Gasteiger partial charge in [0.2, 0.25) is 5.13 Å². The monoisotopic (exact) mass is 461 g/mol. The number of hydrogen-bond acceptors (Lipinski definition) is 6. The number of nitrogens with one attached hydrogen (secondary N) is 1. The summed E-state index contributed by atoms with van der Waals surface area (Å²) in [7, 11) is 0. The maximum atomic E-state index is 12.3. The van der Waals surface area contributed by atoms with E-state index >= 15 is 0 Å². The summed E-state index contributed by atoms with van der Waals surface area (Å²) in [4.78, 5) is 12.3. The first kappa shape index (κ1) is 20.8. The second kappa shape index (κ2) is 9.51. The van der Waals surface area contributed by atoms with Gasteiger partial charge in [0.1, 0.15) is 5.75 Å². The van der Waals surface area contributed by atoms with Gasteiger partial charge in [-0.05, 0) is 35.9 Å². The molecule has 1 aromatic heterocycles. The van der Waals surface area contributed by atoms with Gasteiger partial charge in [0.15, 0.2) is 4.34 Å². The molecular formula is C17H11Cl2F2N3O2S2. The van der Waals surface area contributed by atoms with Gasteiger partial charge in [-0.25, -0.2) is 0 Å². The summed E-state index contributed by atoms with van der Waals surface area (Å²) in [6.45, 7) is -2.97. The molecule has 0 aliphatic carbocycles. The zero-order chi connectivity index (χ0) is 20.1. The van der Waals surface area contributed by atoms with Crippen LogP contribution in [0.15, 0.2) is 46.8 Å². The molecule has 0 atom stereocenters. The van der Waals surface area contributed by atoms with E-state index in [0.717, 1.165) is 5.56 Å². The van der Waals surface area contributed by atoms with Crippen LogP contribution in [0.5, 0.6) is 5.75 Å². The van der Waals surface area contributed by atoms with Crippen molar-refractivity contribution in [2.24, 2.45) is 0 Å². The molecule has 1 amide bonds. The van der Waals surface area contributed by atoms with E-state index in [0.29, 0.717) is 20.1 Å². The summed E-state index contributed by atoms with van der Waals surface area (Å²) in [6, 6.07) is 10.7. The van der Waals surface area contributed by atoms with Gasteiger partial charge in [0.05, 0.1) is 0 Å². The van der Waals surface area contributed by atoms with Crippen LogP contribution in [0, 0.1) is 0 Å². The van der Waals surface area contributed by atoms with E-state index in [1.807, 2.05) is 0 Å². The lowest BCUT2D eigenvalue weighted by atomic mass is 10.2. The van der Waals surface area contributed by atoms with Crippen molar-refractivity contribution in [1.29, 1.82) is 0 Å². The third-order valence-corrected chi connectivity index (χ3v) is 6.06. The third-order valence-electron chi connectivity index (χ3n) is 3.35. The van der Waals surface area contributed by atoms with E-state index < -0.39 is 12.5 Å². The van der Waals surface area contributed by atoms with Crippen LogP contribution < -0.4 is 10.1 Å². The second-order valence-electron chi connectivity index (χ2n) is 5.22. The number of hydrogen-bond donors (Lipinski definition) is 1. The zero-order valence-electron chi connectivity index (χ0n) is 13.9. The smallest absolute Gasteiger partial charge is 0.387 e. The van der Waals surface area contributed by atoms with Crippen LogP contribution in [0.1, 0.15) is 15.9 Å².